The number of fused-ring (bicyclic) bond motifs is 3. The van der Waals surface area contributed by atoms with E-state index in [4.69, 9.17) is 9.47 Å². The molecule has 6 heteroatoms. The molecule has 1 aliphatic heterocycles. The van der Waals surface area contributed by atoms with E-state index < -0.39 is 11.6 Å². The van der Waals surface area contributed by atoms with Gasteiger partial charge in [-0.3, -0.25) is 0 Å². The molecule has 0 atom stereocenters. The van der Waals surface area contributed by atoms with Gasteiger partial charge in [0.2, 0.25) is 0 Å². The molecule has 6 nitrogen and oxygen atoms in total. The number of nitrogens with zero attached hydrogens (tertiary/aromatic N) is 2. The number of hydrogen-bond acceptors (Lipinski definition) is 4. The summed E-state index contributed by atoms with van der Waals surface area (Å²) in [6.45, 7) is 4.77. The summed E-state index contributed by atoms with van der Waals surface area (Å²) in [6, 6.07) is 24.0. The van der Waals surface area contributed by atoms with Gasteiger partial charge in [-0.25, -0.2) is 4.79 Å². The van der Waals surface area contributed by atoms with Gasteiger partial charge in [-0.15, -0.1) is 0 Å². The summed E-state index contributed by atoms with van der Waals surface area (Å²) in [4.78, 5) is 13.8. The van der Waals surface area contributed by atoms with Crippen LogP contribution in [0.25, 0.3) is 10.9 Å². The monoisotopic (exact) mass is 442 g/mol. The SMILES string of the molecule is CC(C)(Oc1cccc2c1ccn2CCCN1c2ccccc2Oc2ccccc21)C(=O)O. The number of aliphatic carboxylic acids is 1. The highest BCUT2D eigenvalue weighted by Gasteiger charge is 2.30. The molecule has 0 radical (unpaired) electrons. The number of aromatic nitrogens is 1. The van der Waals surface area contributed by atoms with Crippen LogP contribution < -0.4 is 14.4 Å². The normalized spacial score (nSPS) is 12.7. The number of rotatable bonds is 7. The van der Waals surface area contributed by atoms with Crippen LogP contribution in [0.3, 0.4) is 0 Å². The van der Waals surface area contributed by atoms with E-state index in [1.165, 1.54) is 0 Å². The zero-order chi connectivity index (χ0) is 23.0. The lowest BCUT2D eigenvalue weighted by Crippen LogP contribution is -2.37. The largest absolute Gasteiger partial charge is 0.478 e. The third-order valence-corrected chi connectivity index (χ3v) is 5.97. The molecule has 0 spiro atoms. The average molecular weight is 443 g/mol. The Morgan fingerprint density at radius 2 is 1.58 bits per heavy atom. The van der Waals surface area contributed by atoms with Crippen molar-refractivity contribution in [2.24, 2.45) is 0 Å². The number of carboxylic acid groups (broad SMARTS) is 1. The highest BCUT2D eigenvalue weighted by atomic mass is 16.5. The van der Waals surface area contributed by atoms with Crippen molar-refractivity contribution in [1.29, 1.82) is 0 Å². The maximum absolute atomic E-state index is 11.5. The van der Waals surface area contributed by atoms with Crippen LogP contribution in [0.15, 0.2) is 79.0 Å². The van der Waals surface area contributed by atoms with Crippen LogP contribution in [-0.4, -0.2) is 27.8 Å². The molecule has 5 rings (SSSR count). The minimum absolute atomic E-state index is 0.578. The van der Waals surface area contributed by atoms with Crippen molar-refractivity contribution in [3.63, 3.8) is 0 Å². The van der Waals surface area contributed by atoms with E-state index in [2.05, 4.69) is 21.6 Å². The predicted octanol–water partition coefficient (Wildman–Crippen LogP) is 6.22. The van der Waals surface area contributed by atoms with Crippen molar-refractivity contribution >= 4 is 28.2 Å². The molecule has 0 amide bonds. The second-order valence-electron chi connectivity index (χ2n) is 8.66. The van der Waals surface area contributed by atoms with Gasteiger partial charge in [-0.05, 0) is 62.7 Å². The second-order valence-corrected chi connectivity index (χ2v) is 8.66. The molecule has 1 aliphatic rings. The number of para-hydroxylation sites is 4. The highest BCUT2D eigenvalue weighted by Crippen LogP contribution is 2.46. The number of anilines is 2. The van der Waals surface area contributed by atoms with E-state index in [0.717, 1.165) is 53.3 Å². The van der Waals surface area contributed by atoms with Crippen molar-refractivity contribution in [3.05, 3.63) is 79.0 Å². The summed E-state index contributed by atoms with van der Waals surface area (Å²) >= 11 is 0. The quantitative estimate of drug-likeness (QED) is 0.368. The fraction of sp³-hybridized carbons (Fsp3) is 0.222. The number of carbonyl (C=O) groups is 1. The van der Waals surface area contributed by atoms with Gasteiger partial charge < -0.3 is 24.0 Å². The van der Waals surface area contributed by atoms with Gasteiger partial charge in [0.1, 0.15) is 5.75 Å². The van der Waals surface area contributed by atoms with Crippen molar-refractivity contribution in [3.8, 4) is 17.2 Å². The molecule has 0 bridgehead atoms. The number of aryl methyl sites for hydroxylation is 1. The molecule has 168 valence electrons. The van der Waals surface area contributed by atoms with Crippen molar-refractivity contribution < 1.29 is 19.4 Å². The van der Waals surface area contributed by atoms with Gasteiger partial charge >= 0.3 is 5.97 Å². The first-order chi connectivity index (χ1) is 15.9. The first-order valence-electron chi connectivity index (χ1n) is 11.1. The van der Waals surface area contributed by atoms with Crippen LogP contribution in [0.2, 0.25) is 0 Å². The zero-order valence-corrected chi connectivity index (χ0v) is 18.7. The molecule has 0 unspecified atom stereocenters. The van der Waals surface area contributed by atoms with Gasteiger partial charge in [0, 0.05) is 24.7 Å². The average Bonchev–Trinajstić information content (AvgIpc) is 3.22. The first-order valence-corrected chi connectivity index (χ1v) is 11.1. The maximum Gasteiger partial charge on any atom is 0.347 e. The number of ether oxygens (including phenoxy) is 2. The van der Waals surface area contributed by atoms with Crippen LogP contribution in [0, 0.1) is 0 Å². The molecule has 3 aromatic carbocycles. The Hall–Kier alpha value is -3.93. The lowest BCUT2D eigenvalue weighted by atomic mass is 10.1. The minimum Gasteiger partial charge on any atom is -0.478 e. The Morgan fingerprint density at radius 1 is 0.909 bits per heavy atom. The Bertz CT molecular complexity index is 1280. The molecule has 0 fully saturated rings. The van der Waals surface area contributed by atoms with E-state index in [-0.39, 0.29) is 0 Å². The summed E-state index contributed by atoms with van der Waals surface area (Å²) < 4.78 is 14.1. The van der Waals surface area contributed by atoms with Crippen molar-refractivity contribution in [1.82, 2.24) is 4.57 Å². The molecule has 1 aromatic heterocycles. The van der Waals surface area contributed by atoms with Crippen LogP contribution >= 0.6 is 0 Å². The molecule has 2 heterocycles. The van der Waals surface area contributed by atoms with Crippen molar-refractivity contribution in [2.45, 2.75) is 32.4 Å². The third kappa shape index (κ3) is 3.89. The van der Waals surface area contributed by atoms with Gasteiger partial charge in [-0.2, -0.15) is 0 Å². The van der Waals surface area contributed by atoms with E-state index in [1.807, 2.05) is 66.9 Å². The van der Waals surface area contributed by atoms with Gasteiger partial charge in [0.05, 0.1) is 16.9 Å². The summed E-state index contributed by atoms with van der Waals surface area (Å²) in [7, 11) is 0. The first kappa shape index (κ1) is 20.9. The number of benzene rings is 3. The van der Waals surface area contributed by atoms with Gasteiger partial charge in [0.25, 0.3) is 0 Å². The Balaban J connectivity index is 1.36. The fourth-order valence-corrected chi connectivity index (χ4v) is 4.22. The number of hydrogen-bond donors (Lipinski definition) is 1. The molecule has 33 heavy (non-hydrogen) atoms. The predicted molar refractivity (Wildman–Crippen MR) is 129 cm³/mol. The van der Waals surface area contributed by atoms with Crippen LogP contribution in [0.1, 0.15) is 20.3 Å². The number of carboxylic acids is 1. The van der Waals surface area contributed by atoms with Crippen LogP contribution in [0.4, 0.5) is 11.4 Å². The molecule has 0 saturated heterocycles. The highest BCUT2D eigenvalue weighted by molar-refractivity contribution is 5.87. The third-order valence-electron chi connectivity index (χ3n) is 5.97. The second kappa shape index (κ2) is 8.20. The summed E-state index contributed by atoms with van der Waals surface area (Å²) in [5.41, 5.74) is 1.87. The smallest absolute Gasteiger partial charge is 0.347 e. The summed E-state index contributed by atoms with van der Waals surface area (Å²) in [6.07, 6.45) is 2.95. The van der Waals surface area contributed by atoms with Crippen LogP contribution in [-0.2, 0) is 11.3 Å². The van der Waals surface area contributed by atoms with Gasteiger partial charge in [-0.1, -0.05) is 30.3 Å². The molecule has 0 aliphatic carbocycles. The van der Waals surface area contributed by atoms with E-state index in [9.17, 15) is 9.90 Å². The summed E-state index contributed by atoms with van der Waals surface area (Å²) in [5.74, 6) is 1.32. The topological polar surface area (TPSA) is 63.9 Å². The van der Waals surface area contributed by atoms with Crippen molar-refractivity contribution in [2.75, 3.05) is 11.4 Å². The van der Waals surface area contributed by atoms with E-state index >= 15 is 0 Å². The Morgan fingerprint density at radius 3 is 2.24 bits per heavy atom. The Labute approximate surface area is 192 Å². The maximum atomic E-state index is 11.5. The lowest BCUT2D eigenvalue weighted by Gasteiger charge is -2.32. The molecular formula is C27H26N2O4. The zero-order valence-electron chi connectivity index (χ0n) is 18.7. The standard InChI is InChI=1S/C27H26N2O4/c1-27(2,26(30)31)33-23-14-7-11-20-19(23)15-18-28(20)16-8-17-29-21-9-3-5-12-24(21)32-25-13-6-4-10-22(25)29/h3-7,9-15,18H,8,16-17H2,1-2H3,(H,30,31). The van der Waals surface area contributed by atoms with Crippen LogP contribution in [0.5, 0.6) is 17.2 Å². The van der Waals surface area contributed by atoms with Gasteiger partial charge in [0.15, 0.2) is 17.1 Å². The lowest BCUT2D eigenvalue weighted by molar-refractivity contribution is -0.152. The molecule has 0 saturated carbocycles. The van der Waals surface area contributed by atoms with E-state index in [1.54, 1.807) is 13.8 Å². The molecular weight excluding hydrogens is 416 g/mol. The fourth-order valence-electron chi connectivity index (χ4n) is 4.22. The van der Waals surface area contributed by atoms with E-state index in [0.29, 0.717) is 5.75 Å². The minimum atomic E-state index is -1.30. The summed E-state index contributed by atoms with van der Waals surface area (Å²) in [5, 5.41) is 10.3. The molecule has 4 aromatic rings. The molecule has 1 N–H and O–H groups in total. The Kier molecular flexibility index (Phi) is 5.21.